The van der Waals surface area contributed by atoms with Crippen molar-refractivity contribution in [3.8, 4) is 0 Å². The molecule has 1 aromatic heterocycles. The number of H-pyrrole nitrogens is 1. The number of nitrogens with zero attached hydrogens (tertiary/aromatic N) is 2. The van der Waals surface area contributed by atoms with Crippen LogP contribution in [0.1, 0.15) is 25.0 Å². The van der Waals surface area contributed by atoms with E-state index >= 15 is 0 Å². The minimum atomic E-state index is 0. The number of aliphatic imine (C=N–C) groups is 1. The largest absolute Gasteiger partial charge is 0.381 e. The highest BCUT2D eigenvalue weighted by Gasteiger charge is 2.20. The van der Waals surface area contributed by atoms with Crippen molar-refractivity contribution < 1.29 is 4.74 Å². The molecule has 1 heterocycles. The number of nitrogens with one attached hydrogen (secondary N) is 3. The number of ether oxygens (including phenoxy) is 1. The Morgan fingerprint density at radius 1 is 1.50 bits per heavy atom. The number of halogens is 1. The molecule has 0 spiro atoms. The molecule has 3 N–H and O–H groups in total. The highest BCUT2D eigenvalue weighted by atomic mass is 127. The van der Waals surface area contributed by atoms with E-state index in [2.05, 4.69) is 25.8 Å². The Hall–Kier alpha value is -0.830. The van der Waals surface area contributed by atoms with Crippen molar-refractivity contribution >= 4 is 29.9 Å². The summed E-state index contributed by atoms with van der Waals surface area (Å²) in [6, 6.07) is 1.94. The van der Waals surface area contributed by atoms with E-state index in [1.807, 2.05) is 6.07 Å². The van der Waals surface area contributed by atoms with Gasteiger partial charge in [-0.15, -0.1) is 24.0 Å². The molecule has 0 saturated heterocycles. The highest BCUT2D eigenvalue weighted by Crippen LogP contribution is 2.28. The highest BCUT2D eigenvalue weighted by molar-refractivity contribution is 14.0. The molecular weight excluding hydrogens is 369 g/mol. The summed E-state index contributed by atoms with van der Waals surface area (Å²) < 4.78 is 5.58. The fraction of sp³-hybridized carbons (Fsp3) is 0.692. The van der Waals surface area contributed by atoms with Crippen molar-refractivity contribution in [2.45, 2.75) is 25.8 Å². The smallest absolute Gasteiger partial charge is 0.191 e. The van der Waals surface area contributed by atoms with Crippen molar-refractivity contribution in [2.75, 3.05) is 26.8 Å². The molecule has 1 aromatic rings. The van der Waals surface area contributed by atoms with Crippen molar-refractivity contribution in [2.24, 2.45) is 10.9 Å². The summed E-state index contributed by atoms with van der Waals surface area (Å²) in [6.45, 7) is 3.32. The number of aromatic nitrogens is 2. The van der Waals surface area contributed by atoms with E-state index < -0.39 is 0 Å². The lowest BCUT2D eigenvalue weighted by Gasteiger charge is -2.11. The van der Waals surface area contributed by atoms with E-state index in [0.29, 0.717) is 6.54 Å². The number of hydrogen-bond acceptors (Lipinski definition) is 3. The van der Waals surface area contributed by atoms with E-state index in [0.717, 1.165) is 43.8 Å². The first-order valence-electron chi connectivity index (χ1n) is 6.89. The van der Waals surface area contributed by atoms with Gasteiger partial charge in [-0.3, -0.25) is 10.1 Å². The first kappa shape index (κ1) is 17.2. The zero-order chi connectivity index (χ0) is 13.3. The zero-order valence-corrected chi connectivity index (χ0v) is 14.2. The molecule has 1 aliphatic rings. The van der Waals surface area contributed by atoms with E-state index in [1.165, 1.54) is 12.8 Å². The average Bonchev–Trinajstić information content (AvgIpc) is 3.11. The van der Waals surface area contributed by atoms with E-state index in [-0.39, 0.29) is 24.0 Å². The summed E-state index contributed by atoms with van der Waals surface area (Å²) in [5, 5.41) is 13.3. The van der Waals surface area contributed by atoms with Gasteiger partial charge in [0.15, 0.2) is 5.96 Å². The lowest BCUT2D eigenvalue weighted by Crippen LogP contribution is -2.37. The molecule has 0 aromatic carbocycles. The number of aromatic amines is 1. The van der Waals surface area contributed by atoms with Crippen molar-refractivity contribution in [3.05, 3.63) is 18.0 Å². The Morgan fingerprint density at radius 3 is 3.00 bits per heavy atom. The number of guanidine groups is 1. The third-order valence-electron chi connectivity index (χ3n) is 3.04. The molecule has 7 heteroatoms. The predicted octanol–water partition coefficient (Wildman–Crippen LogP) is 1.51. The molecule has 1 aliphatic carbocycles. The second kappa shape index (κ2) is 9.98. The molecule has 20 heavy (non-hydrogen) atoms. The Balaban J connectivity index is 0.00000200. The van der Waals surface area contributed by atoms with Gasteiger partial charge in [-0.1, -0.05) is 0 Å². The molecule has 0 amide bonds. The van der Waals surface area contributed by atoms with Gasteiger partial charge in [0.25, 0.3) is 0 Å². The van der Waals surface area contributed by atoms with Gasteiger partial charge in [-0.2, -0.15) is 5.10 Å². The van der Waals surface area contributed by atoms with Crippen LogP contribution in [-0.4, -0.2) is 43.0 Å². The molecular formula is C13H24IN5O. The van der Waals surface area contributed by atoms with Crippen LogP contribution in [0.2, 0.25) is 0 Å². The van der Waals surface area contributed by atoms with Crippen molar-refractivity contribution in [3.63, 3.8) is 0 Å². The van der Waals surface area contributed by atoms with Crippen LogP contribution in [0, 0.1) is 5.92 Å². The fourth-order valence-electron chi connectivity index (χ4n) is 1.70. The van der Waals surface area contributed by atoms with Gasteiger partial charge in [-0.25, -0.2) is 0 Å². The van der Waals surface area contributed by atoms with Crippen LogP contribution in [0.5, 0.6) is 0 Å². The Labute approximate surface area is 137 Å². The van der Waals surface area contributed by atoms with Crippen molar-refractivity contribution in [1.29, 1.82) is 0 Å². The topological polar surface area (TPSA) is 74.3 Å². The lowest BCUT2D eigenvalue weighted by molar-refractivity contribution is 0.123. The maximum atomic E-state index is 5.58. The van der Waals surface area contributed by atoms with Gasteiger partial charge >= 0.3 is 0 Å². The third-order valence-corrected chi connectivity index (χ3v) is 3.04. The monoisotopic (exact) mass is 393 g/mol. The second-order valence-corrected chi connectivity index (χ2v) is 4.81. The maximum Gasteiger partial charge on any atom is 0.191 e. The minimum Gasteiger partial charge on any atom is -0.381 e. The van der Waals surface area contributed by atoms with E-state index in [1.54, 1.807) is 13.2 Å². The van der Waals surface area contributed by atoms with Gasteiger partial charge in [0.1, 0.15) is 0 Å². The van der Waals surface area contributed by atoms with Crippen LogP contribution in [-0.2, 0) is 11.3 Å². The Bertz CT molecular complexity index is 378. The van der Waals surface area contributed by atoms with Gasteiger partial charge in [0.2, 0.25) is 0 Å². The Kier molecular flexibility index (Phi) is 8.59. The molecule has 114 valence electrons. The van der Waals surface area contributed by atoms with Gasteiger partial charge in [-0.05, 0) is 31.2 Å². The van der Waals surface area contributed by atoms with Crippen molar-refractivity contribution in [1.82, 2.24) is 20.8 Å². The molecule has 0 atom stereocenters. The molecule has 1 fully saturated rings. The summed E-state index contributed by atoms with van der Waals surface area (Å²) in [7, 11) is 1.77. The zero-order valence-electron chi connectivity index (χ0n) is 11.9. The second-order valence-electron chi connectivity index (χ2n) is 4.81. The average molecular weight is 393 g/mol. The lowest BCUT2D eigenvalue weighted by atomic mass is 10.4. The first-order chi connectivity index (χ1) is 9.38. The van der Waals surface area contributed by atoms with Crippen LogP contribution in [0.4, 0.5) is 0 Å². The van der Waals surface area contributed by atoms with Crippen LogP contribution >= 0.6 is 24.0 Å². The molecule has 0 aliphatic heterocycles. The molecule has 2 rings (SSSR count). The normalized spacial score (nSPS) is 14.8. The molecule has 0 bridgehead atoms. The van der Waals surface area contributed by atoms with E-state index in [9.17, 15) is 0 Å². The summed E-state index contributed by atoms with van der Waals surface area (Å²) in [6.07, 6.45) is 5.44. The summed E-state index contributed by atoms with van der Waals surface area (Å²) in [4.78, 5) is 4.16. The SMILES string of the molecule is CN=C(NCCCOCC1CC1)NCc1ccn[nH]1.I. The molecule has 6 nitrogen and oxygen atoms in total. The molecule has 1 saturated carbocycles. The van der Waals surface area contributed by atoms with Gasteiger partial charge in [0, 0.05) is 33.0 Å². The van der Waals surface area contributed by atoms with Gasteiger partial charge < -0.3 is 15.4 Å². The standard InChI is InChI=1S/C13H23N5O.HI/c1-14-13(16-9-12-5-7-17-18-12)15-6-2-8-19-10-11-3-4-11;/h5,7,11H,2-4,6,8-10H2,1H3,(H,17,18)(H2,14,15,16);1H. The van der Waals surface area contributed by atoms with Gasteiger partial charge in [0.05, 0.1) is 12.2 Å². The molecule has 0 radical (unpaired) electrons. The summed E-state index contributed by atoms with van der Waals surface area (Å²) in [5.41, 5.74) is 1.04. The van der Waals surface area contributed by atoms with Crippen LogP contribution in [0.15, 0.2) is 17.3 Å². The quantitative estimate of drug-likeness (QED) is 0.271. The number of hydrogen-bond donors (Lipinski definition) is 3. The van der Waals surface area contributed by atoms with E-state index in [4.69, 9.17) is 4.74 Å². The summed E-state index contributed by atoms with van der Waals surface area (Å²) >= 11 is 0. The number of rotatable bonds is 8. The van der Waals surface area contributed by atoms with Crippen LogP contribution in [0.25, 0.3) is 0 Å². The molecule has 0 unspecified atom stereocenters. The fourth-order valence-corrected chi connectivity index (χ4v) is 1.70. The Morgan fingerprint density at radius 2 is 2.35 bits per heavy atom. The van der Waals surface area contributed by atoms with Crippen LogP contribution < -0.4 is 10.6 Å². The summed E-state index contributed by atoms with van der Waals surface area (Å²) in [5.74, 6) is 1.65. The minimum absolute atomic E-state index is 0. The maximum absolute atomic E-state index is 5.58. The third kappa shape index (κ3) is 7.09. The first-order valence-corrected chi connectivity index (χ1v) is 6.89. The predicted molar refractivity (Wildman–Crippen MR) is 90.4 cm³/mol. The van der Waals surface area contributed by atoms with Crippen LogP contribution in [0.3, 0.4) is 0 Å².